The molecule has 0 saturated heterocycles. The number of allylic oxidation sites excluding steroid dienone is 4. The van der Waals surface area contributed by atoms with Gasteiger partial charge >= 0.3 is 0 Å². The molecule has 0 aromatic heterocycles. The van der Waals surface area contributed by atoms with Crippen LogP contribution in [0, 0.1) is 0 Å². The minimum absolute atomic E-state index is 0.109. The summed E-state index contributed by atoms with van der Waals surface area (Å²) < 4.78 is 0. The third kappa shape index (κ3) is 6.84. The number of likely N-dealkylation sites (N-methyl/N-ethyl adjacent to an activating group) is 1. The van der Waals surface area contributed by atoms with Gasteiger partial charge in [0.25, 0.3) is 0 Å². The summed E-state index contributed by atoms with van der Waals surface area (Å²) in [4.78, 5) is 15.1. The number of nitrogens with zero attached hydrogens (tertiary/aromatic N) is 2. The van der Waals surface area contributed by atoms with E-state index in [1.807, 2.05) is 75.4 Å². The Bertz CT molecular complexity index is 836. The van der Waals surface area contributed by atoms with E-state index < -0.39 is 0 Å². The smallest absolute Gasteiger partial charge is 0.161 e. The molecule has 1 unspecified atom stereocenters. The normalized spacial score (nSPS) is 13.9. The predicted molar refractivity (Wildman–Crippen MR) is 125 cm³/mol. The van der Waals surface area contributed by atoms with Crippen molar-refractivity contribution in [2.75, 3.05) is 28.2 Å². The highest BCUT2D eigenvalue weighted by Crippen LogP contribution is 2.36. The lowest BCUT2D eigenvalue weighted by Gasteiger charge is -2.35. The van der Waals surface area contributed by atoms with Crippen LogP contribution in [-0.2, 0) is 4.79 Å². The molecule has 0 aliphatic carbocycles. The lowest BCUT2D eigenvalue weighted by Crippen LogP contribution is -2.28. The van der Waals surface area contributed by atoms with Crippen molar-refractivity contribution in [2.24, 2.45) is 0 Å². The van der Waals surface area contributed by atoms with Gasteiger partial charge < -0.3 is 15.1 Å². The third-order valence-corrected chi connectivity index (χ3v) is 4.86. The second-order valence-electron chi connectivity index (χ2n) is 6.75. The molecule has 29 heavy (non-hydrogen) atoms. The lowest BCUT2D eigenvalue weighted by atomic mass is 9.90. The highest BCUT2D eigenvalue weighted by Gasteiger charge is 2.26. The van der Waals surface area contributed by atoms with Gasteiger partial charge in [-0.25, -0.2) is 0 Å². The van der Waals surface area contributed by atoms with Gasteiger partial charge in [-0.1, -0.05) is 54.6 Å². The number of hydrogen-bond acceptors (Lipinski definition) is 4. The molecule has 1 atom stereocenters. The van der Waals surface area contributed by atoms with E-state index in [4.69, 9.17) is 23.2 Å². The van der Waals surface area contributed by atoms with Gasteiger partial charge in [-0.05, 0) is 36.3 Å². The Labute approximate surface area is 184 Å². The van der Waals surface area contributed by atoms with Crippen LogP contribution < -0.4 is 5.32 Å². The Morgan fingerprint density at radius 2 is 1.79 bits per heavy atom. The fourth-order valence-electron chi connectivity index (χ4n) is 2.91. The highest BCUT2D eigenvalue weighted by molar-refractivity contribution is 6.38. The quantitative estimate of drug-likeness (QED) is 0.309. The maximum atomic E-state index is 11.1. The zero-order valence-electron chi connectivity index (χ0n) is 17.7. The molecule has 1 rings (SSSR count). The van der Waals surface area contributed by atoms with Gasteiger partial charge in [-0.15, -0.1) is 0 Å². The van der Waals surface area contributed by atoms with Gasteiger partial charge in [0.05, 0.1) is 16.8 Å². The van der Waals surface area contributed by atoms with Crippen LogP contribution in [0.3, 0.4) is 0 Å². The molecule has 1 aromatic rings. The van der Waals surface area contributed by atoms with Crippen molar-refractivity contribution in [1.29, 1.82) is 0 Å². The first-order valence-electron chi connectivity index (χ1n) is 9.05. The molecule has 0 amide bonds. The van der Waals surface area contributed by atoms with E-state index in [2.05, 4.69) is 18.5 Å². The standard InChI is InChI=1S/C23H29Cl2N3O/c1-8-16(2)22(17(3)26-4)23(18-9-11-19(24)12-10-18)28(7)21(14-27(5)6)13-20(25)15-29/h8-15,23,26H,1-2H2,3-7H3/b20-13+,21-14+,22-17+. The van der Waals surface area contributed by atoms with Crippen molar-refractivity contribution in [3.8, 4) is 0 Å². The molecule has 0 spiro atoms. The van der Waals surface area contributed by atoms with E-state index >= 15 is 0 Å². The summed E-state index contributed by atoms with van der Waals surface area (Å²) in [5.41, 5.74) is 4.47. The molecule has 0 aliphatic heterocycles. The Balaban J connectivity index is 3.77. The van der Waals surface area contributed by atoms with E-state index in [0.29, 0.717) is 11.3 Å². The number of halogens is 2. The molecule has 0 fully saturated rings. The van der Waals surface area contributed by atoms with Crippen LogP contribution in [0.5, 0.6) is 0 Å². The second-order valence-corrected chi connectivity index (χ2v) is 7.62. The summed E-state index contributed by atoms with van der Waals surface area (Å²) in [6.07, 6.45) is 5.89. The molecule has 0 bridgehead atoms. The van der Waals surface area contributed by atoms with Crippen molar-refractivity contribution in [2.45, 2.75) is 13.0 Å². The Kier molecular flexibility index (Phi) is 9.79. The lowest BCUT2D eigenvalue weighted by molar-refractivity contribution is -0.104. The fourth-order valence-corrected chi connectivity index (χ4v) is 3.15. The summed E-state index contributed by atoms with van der Waals surface area (Å²) >= 11 is 12.2. The van der Waals surface area contributed by atoms with Gasteiger partial charge in [0, 0.05) is 50.7 Å². The van der Waals surface area contributed by atoms with E-state index in [1.54, 1.807) is 12.2 Å². The average Bonchev–Trinajstić information content (AvgIpc) is 2.70. The number of benzene rings is 1. The maximum Gasteiger partial charge on any atom is 0.161 e. The topological polar surface area (TPSA) is 35.6 Å². The molecule has 6 heteroatoms. The first-order chi connectivity index (χ1) is 13.7. The monoisotopic (exact) mass is 433 g/mol. The zero-order valence-corrected chi connectivity index (χ0v) is 19.2. The number of aldehydes is 1. The van der Waals surface area contributed by atoms with Crippen LogP contribution in [0.2, 0.25) is 5.02 Å². The van der Waals surface area contributed by atoms with Gasteiger partial charge in [0.1, 0.15) is 0 Å². The summed E-state index contributed by atoms with van der Waals surface area (Å²) in [5, 5.41) is 3.98. The van der Waals surface area contributed by atoms with Crippen LogP contribution in [0.4, 0.5) is 0 Å². The van der Waals surface area contributed by atoms with Crippen molar-refractivity contribution in [3.63, 3.8) is 0 Å². The first kappa shape index (κ1) is 24.6. The van der Waals surface area contributed by atoms with Crippen LogP contribution in [-0.4, -0.2) is 44.3 Å². The van der Waals surface area contributed by atoms with Crippen LogP contribution in [0.15, 0.2) is 83.3 Å². The molecule has 4 nitrogen and oxygen atoms in total. The third-order valence-electron chi connectivity index (χ3n) is 4.41. The van der Waals surface area contributed by atoms with Gasteiger partial charge in [-0.2, -0.15) is 0 Å². The van der Waals surface area contributed by atoms with E-state index in [1.165, 1.54) is 0 Å². The van der Waals surface area contributed by atoms with Crippen molar-refractivity contribution >= 4 is 29.5 Å². The molecule has 0 saturated carbocycles. The van der Waals surface area contributed by atoms with Crippen LogP contribution in [0.1, 0.15) is 18.5 Å². The molecule has 1 N–H and O–H groups in total. The average molecular weight is 434 g/mol. The molecule has 0 heterocycles. The zero-order chi connectivity index (χ0) is 22.1. The van der Waals surface area contributed by atoms with Crippen LogP contribution >= 0.6 is 23.2 Å². The van der Waals surface area contributed by atoms with Crippen LogP contribution in [0.25, 0.3) is 0 Å². The highest BCUT2D eigenvalue weighted by atomic mass is 35.5. The number of nitrogens with one attached hydrogen (secondary N) is 1. The van der Waals surface area contributed by atoms with E-state index in [0.717, 1.165) is 28.1 Å². The predicted octanol–water partition coefficient (Wildman–Crippen LogP) is 5.27. The Morgan fingerprint density at radius 1 is 1.21 bits per heavy atom. The van der Waals surface area contributed by atoms with Gasteiger partial charge in [0.15, 0.2) is 6.29 Å². The fraction of sp³-hybridized carbons (Fsp3) is 0.261. The maximum absolute atomic E-state index is 11.1. The van der Waals surface area contributed by atoms with E-state index in [-0.39, 0.29) is 11.1 Å². The largest absolute Gasteiger partial charge is 0.391 e. The van der Waals surface area contributed by atoms with Gasteiger partial charge in [-0.3, -0.25) is 4.79 Å². The minimum Gasteiger partial charge on any atom is -0.391 e. The molecular formula is C23H29Cl2N3O. The SMILES string of the molecule is C=CC(=C)/C(=C(/C)NC)C(c1ccc(Cl)cc1)N(C)C(/C=C(/Cl)C=O)=C/N(C)C. The first-order valence-corrected chi connectivity index (χ1v) is 9.81. The number of carbonyl (C=O) groups is 1. The Morgan fingerprint density at radius 3 is 2.24 bits per heavy atom. The van der Waals surface area contributed by atoms with Gasteiger partial charge in [0.2, 0.25) is 0 Å². The summed E-state index contributed by atoms with van der Waals surface area (Å²) in [7, 11) is 7.63. The molecular weight excluding hydrogens is 405 g/mol. The molecule has 156 valence electrons. The molecule has 0 radical (unpaired) electrons. The minimum atomic E-state index is -0.233. The second kappa shape index (κ2) is 11.5. The van der Waals surface area contributed by atoms with E-state index in [9.17, 15) is 4.79 Å². The van der Waals surface area contributed by atoms with Crippen molar-refractivity contribution in [3.05, 3.63) is 93.9 Å². The van der Waals surface area contributed by atoms with Crippen molar-refractivity contribution < 1.29 is 4.79 Å². The number of rotatable bonds is 10. The van der Waals surface area contributed by atoms with Crippen molar-refractivity contribution in [1.82, 2.24) is 15.1 Å². The summed E-state index contributed by atoms with van der Waals surface area (Å²) in [6.45, 7) is 10.1. The molecule has 0 aliphatic rings. The number of carbonyl (C=O) groups excluding carboxylic acids is 1. The summed E-state index contributed by atoms with van der Waals surface area (Å²) in [6, 6.07) is 7.42. The Hall–Kier alpha value is -2.43. The molecule has 1 aromatic carbocycles. The summed E-state index contributed by atoms with van der Waals surface area (Å²) in [5.74, 6) is 0. The number of hydrogen-bond donors (Lipinski definition) is 1.